The van der Waals surface area contributed by atoms with Crippen LogP contribution < -0.4 is 0 Å². The molecule has 0 bridgehead atoms. The highest BCUT2D eigenvalue weighted by atomic mass is 15.1. The first-order chi connectivity index (χ1) is 8.04. The van der Waals surface area contributed by atoms with Gasteiger partial charge in [0.25, 0.3) is 0 Å². The molecule has 0 aliphatic rings. The van der Waals surface area contributed by atoms with Crippen LogP contribution in [0.5, 0.6) is 0 Å². The predicted molar refractivity (Wildman–Crippen MR) is 73.3 cm³/mol. The number of aryl methyl sites for hydroxylation is 2. The summed E-state index contributed by atoms with van der Waals surface area (Å²) < 4.78 is 0. The zero-order chi connectivity index (χ0) is 12.8. The topological polar surface area (TPSA) is 31.9 Å². The quantitative estimate of drug-likeness (QED) is 0.769. The molecule has 0 unspecified atom stereocenters. The molecular weight excluding hydrogens is 210 g/mol. The van der Waals surface area contributed by atoms with Crippen LogP contribution in [-0.2, 0) is 6.42 Å². The third-order valence-electron chi connectivity index (χ3n) is 3.26. The number of rotatable bonds is 6. The van der Waals surface area contributed by atoms with Crippen molar-refractivity contribution in [3.63, 3.8) is 0 Å². The van der Waals surface area contributed by atoms with E-state index >= 15 is 0 Å². The van der Waals surface area contributed by atoms with Crippen LogP contribution in [0.25, 0.3) is 0 Å². The second kappa shape index (κ2) is 6.60. The number of hydrogen-bond acceptors (Lipinski definition) is 2. The van der Waals surface area contributed by atoms with Crippen LogP contribution in [0.1, 0.15) is 37.2 Å². The van der Waals surface area contributed by atoms with Crippen molar-refractivity contribution in [2.24, 2.45) is 0 Å². The van der Waals surface area contributed by atoms with E-state index in [1.807, 2.05) is 0 Å². The fraction of sp³-hybridized carbons (Fsp3) is 0.643. The van der Waals surface area contributed by atoms with E-state index in [2.05, 4.69) is 55.9 Å². The molecule has 1 aromatic heterocycles. The molecule has 17 heavy (non-hydrogen) atoms. The molecule has 0 aliphatic heterocycles. The van der Waals surface area contributed by atoms with Gasteiger partial charge in [0.05, 0.1) is 5.69 Å². The smallest absolute Gasteiger partial charge is 0.0625 e. The van der Waals surface area contributed by atoms with Crippen molar-refractivity contribution in [2.75, 3.05) is 20.1 Å². The minimum atomic E-state index is 1.07. The van der Waals surface area contributed by atoms with Gasteiger partial charge in [0.2, 0.25) is 0 Å². The molecule has 3 nitrogen and oxygen atoms in total. The Morgan fingerprint density at radius 1 is 1.41 bits per heavy atom. The normalized spacial score (nSPS) is 12.5. The molecule has 0 fully saturated rings. The van der Waals surface area contributed by atoms with E-state index in [9.17, 15) is 0 Å². The Morgan fingerprint density at radius 2 is 2.12 bits per heavy atom. The Bertz CT molecular complexity index is 357. The second-order valence-electron chi connectivity index (χ2n) is 4.89. The first-order valence-electron chi connectivity index (χ1n) is 6.35. The lowest BCUT2D eigenvalue weighted by Gasteiger charge is -2.16. The van der Waals surface area contributed by atoms with Gasteiger partial charge in [0.1, 0.15) is 0 Å². The van der Waals surface area contributed by atoms with Crippen molar-refractivity contribution in [1.29, 1.82) is 0 Å². The molecule has 0 atom stereocenters. The van der Waals surface area contributed by atoms with Crippen molar-refractivity contribution in [2.45, 2.75) is 40.5 Å². The molecule has 3 heteroatoms. The number of aromatic nitrogens is 2. The largest absolute Gasteiger partial charge is 0.302 e. The number of nitrogens with one attached hydrogen (secondary N) is 1. The van der Waals surface area contributed by atoms with Crippen molar-refractivity contribution >= 4 is 0 Å². The van der Waals surface area contributed by atoms with Gasteiger partial charge in [0.15, 0.2) is 0 Å². The second-order valence-corrected chi connectivity index (χ2v) is 4.89. The number of aromatic amines is 1. The van der Waals surface area contributed by atoms with Gasteiger partial charge in [0, 0.05) is 12.2 Å². The van der Waals surface area contributed by atoms with Crippen molar-refractivity contribution < 1.29 is 0 Å². The van der Waals surface area contributed by atoms with Gasteiger partial charge in [-0.2, -0.15) is 5.10 Å². The highest BCUT2D eigenvalue weighted by Gasteiger charge is 2.06. The third kappa shape index (κ3) is 4.35. The molecule has 0 amide bonds. The Balaban J connectivity index is 2.33. The summed E-state index contributed by atoms with van der Waals surface area (Å²) in [6.07, 6.45) is 4.49. The molecule has 1 N–H and O–H groups in total. The summed E-state index contributed by atoms with van der Waals surface area (Å²) in [7, 11) is 2.18. The van der Waals surface area contributed by atoms with Crippen LogP contribution in [0, 0.1) is 13.8 Å². The summed E-state index contributed by atoms with van der Waals surface area (Å²) in [4.78, 5) is 2.38. The van der Waals surface area contributed by atoms with E-state index in [0.29, 0.717) is 0 Å². The summed E-state index contributed by atoms with van der Waals surface area (Å²) in [5.41, 5.74) is 5.19. The summed E-state index contributed by atoms with van der Waals surface area (Å²) in [6, 6.07) is 0. The van der Waals surface area contributed by atoms with Gasteiger partial charge >= 0.3 is 0 Å². The summed E-state index contributed by atoms with van der Waals surface area (Å²) in [6.45, 7) is 10.7. The van der Waals surface area contributed by atoms with Crippen LogP contribution in [0.15, 0.2) is 11.6 Å². The van der Waals surface area contributed by atoms with Crippen molar-refractivity contribution in [3.8, 4) is 0 Å². The van der Waals surface area contributed by atoms with Gasteiger partial charge in [-0.05, 0) is 59.7 Å². The number of hydrogen-bond donors (Lipinski definition) is 1. The molecule has 1 heterocycles. The van der Waals surface area contributed by atoms with Crippen LogP contribution in [0.2, 0.25) is 0 Å². The van der Waals surface area contributed by atoms with Gasteiger partial charge in [-0.1, -0.05) is 11.6 Å². The lowest BCUT2D eigenvalue weighted by atomic mass is 10.1. The maximum absolute atomic E-state index is 4.23. The van der Waals surface area contributed by atoms with E-state index in [0.717, 1.165) is 25.2 Å². The fourth-order valence-electron chi connectivity index (χ4n) is 2.06. The third-order valence-corrected chi connectivity index (χ3v) is 3.26. The lowest BCUT2D eigenvalue weighted by molar-refractivity contribution is 0.356. The summed E-state index contributed by atoms with van der Waals surface area (Å²) in [5.74, 6) is 0. The standard InChI is InChI=1S/C14H25N3/c1-6-11(2)10-17(5)9-7-8-14-12(3)15-16-13(14)4/h6H,7-10H2,1-5H3,(H,15,16)/b11-6+. The Hall–Kier alpha value is -1.09. The highest BCUT2D eigenvalue weighted by Crippen LogP contribution is 2.12. The van der Waals surface area contributed by atoms with Crippen LogP contribution in [-0.4, -0.2) is 35.2 Å². The monoisotopic (exact) mass is 235 g/mol. The van der Waals surface area contributed by atoms with Gasteiger partial charge in [-0.3, -0.25) is 5.10 Å². The van der Waals surface area contributed by atoms with E-state index in [-0.39, 0.29) is 0 Å². The zero-order valence-electron chi connectivity index (χ0n) is 11.8. The first-order valence-corrected chi connectivity index (χ1v) is 6.35. The van der Waals surface area contributed by atoms with Crippen molar-refractivity contribution in [1.82, 2.24) is 15.1 Å². The van der Waals surface area contributed by atoms with Gasteiger partial charge in [-0.15, -0.1) is 0 Å². The molecule has 0 spiro atoms. The minimum absolute atomic E-state index is 1.07. The van der Waals surface area contributed by atoms with Crippen LogP contribution >= 0.6 is 0 Å². The number of nitrogens with zero attached hydrogens (tertiary/aromatic N) is 2. The molecular formula is C14H25N3. The molecule has 1 rings (SSSR count). The van der Waals surface area contributed by atoms with Gasteiger partial charge in [-0.25, -0.2) is 0 Å². The Labute approximate surface area is 105 Å². The summed E-state index contributed by atoms with van der Waals surface area (Å²) >= 11 is 0. The molecule has 0 aliphatic carbocycles. The van der Waals surface area contributed by atoms with Crippen LogP contribution in [0.4, 0.5) is 0 Å². The average Bonchev–Trinajstić information content (AvgIpc) is 2.60. The number of H-pyrrole nitrogens is 1. The molecule has 0 radical (unpaired) electrons. The predicted octanol–water partition coefficient (Wildman–Crippen LogP) is 2.86. The molecule has 0 saturated carbocycles. The van der Waals surface area contributed by atoms with Gasteiger partial charge < -0.3 is 4.90 Å². The number of likely N-dealkylation sites (N-methyl/N-ethyl adjacent to an activating group) is 1. The molecule has 0 saturated heterocycles. The minimum Gasteiger partial charge on any atom is -0.302 e. The molecule has 0 aromatic carbocycles. The van der Waals surface area contributed by atoms with Crippen LogP contribution in [0.3, 0.4) is 0 Å². The fourth-order valence-corrected chi connectivity index (χ4v) is 2.06. The van der Waals surface area contributed by atoms with Crippen molar-refractivity contribution in [3.05, 3.63) is 28.6 Å². The molecule has 1 aromatic rings. The summed E-state index contributed by atoms with van der Waals surface area (Å²) in [5, 5.41) is 7.27. The first kappa shape index (κ1) is 14.0. The Kier molecular flexibility index (Phi) is 5.42. The maximum atomic E-state index is 4.23. The van der Waals surface area contributed by atoms with E-state index in [1.54, 1.807) is 0 Å². The Morgan fingerprint density at radius 3 is 2.65 bits per heavy atom. The SMILES string of the molecule is C/C=C(\C)CN(C)CCCc1c(C)n[nH]c1C. The lowest BCUT2D eigenvalue weighted by Crippen LogP contribution is -2.22. The molecule has 96 valence electrons. The van der Waals surface area contributed by atoms with E-state index < -0.39 is 0 Å². The zero-order valence-corrected chi connectivity index (χ0v) is 11.8. The average molecular weight is 235 g/mol. The van der Waals surface area contributed by atoms with E-state index in [4.69, 9.17) is 0 Å². The van der Waals surface area contributed by atoms with E-state index in [1.165, 1.54) is 23.3 Å². The number of allylic oxidation sites excluding steroid dienone is 1. The highest BCUT2D eigenvalue weighted by molar-refractivity contribution is 5.23. The maximum Gasteiger partial charge on any atom is 0.0625 e.